The lowest BCUT2D eigenvalue weighted by Crippen LogP contribution is -2.22. The Kier molecular flexibility index (Phi) is 8.26. The van der Waals surface area contributed by atoms with Gasteiger partial charge in [0, 0.05) is 11.1 Å². The minimum absolute atomic E-state index is 0.0413. The van der Waals surface area contributed by atoms with Crippen molar-refractivity contribution in [3.8, 4) is 11.5 Å². The van der Waals surface area contributed by atoms with Crippen molar-refractivity contribution in [2.24, 2.45) is 0 Å². The maximum absolute atomic E-state index is 6.82. The molecule has 0 N–H and O–H groups in total. The predicted molar refractivity (Wildman–Crippen MR) is 156 cm³/mol. The fraction of sp³-hybridized carbons (Fsp3) is 0.625. The number of hydrogen-bond acceptors (Lipinski definition) is 2. The van der Waals surface area contributed by atoms with Gasteiger partial charge in [0.25, 0.3) is 8.38 Å². The molecule has 0 radical (unpaired) electrons. The average molecular weight is 499 g/mol. The standard InChI is InChI=1S/C32H51O2P/c1-28(2,3)22-16-18-26(24(20-22)30(7,8)9)33-35(32(13,14)15)34-27-19-17-23(29(4,5)6)21-25(27)31(10,11)12/h16-21H,1-15H3. The zero-order valence-electron chi connectivity index (χ0n) is 25.2. The molecule has 3 heteroatoms. The van der Waals surface area contributed by atoms with Crippen LogP contribution >= 0.6 is 8.38 Å². The second-order valence-electron chi connectivity index (χ2n) is 15.0. The van der Waals surface area contributed by atoms with Crippen molar-refractivity contribution in [3.05, 3.63) is 58.7 Å². The van der Waals surface area contributed by atoms with E-state index in [2.05, 4.69) is 140 Å². The molecule has 0 heterocycles. The van der Waals surface area contributed by atoms with E-state index in [4.69, 9.17) is 9.05 Å². The number of hydrogen-bond donors (Lipinski definition) is 0. The fourth-order valence-electron chi connectivity index (χ4n) is 3.80. The van der Waals surface area contributed by atoms with Crippen LogP contribution < -0.4 is 9.05 Å². The van der Waals surface area contributed by atoms with Crippen molar-refractivity contribution in [2.75, 3.05) is 0 Å². The lowest BCUT2D eigenvalue weighted by Gasteiger charge is -2.34. The van der Waals surface area contributed by atoms with E-state index in [0.29, 0.717) is 0 Å². The van der Waals surface area contributed by atoms with Crippen LogP contribution in [0.2, 0.25) is 0 Å². The van der Waals surface area contributed by atoms with Gasteiger partial charge in [0.1, 0.15) is 11.5 Å². The molecule has 0 atom stereocenters. The van der Waals surface area contributed by atoms with Crippen molar-refractivity contribution in [1.82, 2.24) is 0 Å². The van der Waals surface area contributed by atoms with Crippen LogP contribution in [0.25, 0.3) is 0 Å². The molecule has 0 saturated carbocycles. The Morgan fingerprint density at radius 2 is 0.771 bits per heavy atom. The van der Waals surface area contributed by atoms with Gasteiger partial charge < -0.3 is 9.05 Å². The second-order valence-corrected chi connectivity index (χ2v) is 17.3. The van der Waals surface area contributed by atoms with Crippen LogP contribution in [0.15, 0.2) is 36.4 Å². The third kappa shape index (κ3) is 7.72. The molecule has 0 amide bonds. The Morgan fingerprint density at radius 3 is 1.00 bits per heavy atom. The summed E-state index contributed by atoms with van der Waals surface area (Å²) in [6.45, 7) is 33.7. The summed E-state index contributed by atoms with van der Waals surface area (Å²) in [6, 6.07) is 13.4. The number of rotatable bonds is 4. The smallest absolute Gasteiger partial charge is 0.296 e. The van der Waals surface area contributed by atoms with Crippen LogP contribution in [0.3, 0.4) is 0 Å². The van der Waals surface area contributed by atoms with Gasteiger partial charge in [0.15, 0.2) is 0 Å². The molecule has 2 aromatic rings. The Labute approximate surface area is 218 Å². The van der Waals surface area contributed by atoms with Crippen LogP contribution in [0, 0.1) is 0 Å². The molecule has 0 aromatic heterocycles. The van der Waals surface area contributed by atoms with Gasteiger partial charge in [-0.2, -0.15) is 0 Å². The van der Waals surface area contributed by atoms with Crippen LogP contribution in [0.4, 0.5) is 0 Å². The van der Waals surface area contributed by atoms with E-state index in [1.165, 1.54) is 22.3 Å². The molecule has 0 saturated heterocycles. The van der Waals surface area contributed by atoms with Crippen molar-refractivity contribution in [2.45, 2.75) is 131 Å². The Balaban J connectivity index is 2.58. The molecule has 2 aromatic carbocycles. The summed E-state index contributed by atoms with van der Waals surface area (Å²) in [5, 5.41) is -0.162. The highest BCUT2D eigenvalue weighted by Gasteiger charge is 2.35. The minimum Gasteiger partial charge on any atom is -0.438 e. The van der Waals surface area contributed by atoms with Gasteiger partial charge >= 0.3 is 0 Å². The SMILES string of the molecule is CC(C)(C)c1ccc(OP(Oc2ccc(C(C)(C)C)cc2C(C)(C)C)C(C)(C)C)c(C(C)(C)C)c1. The van der Waals surface area contributed by atoms with Gasteiger partial charge in [-0.1, -0.05) is 107 Å². The van der Waals surface area contributed by atoms with E-state index < -0.39 is 8.38 Å². The highest BCUT2D eigenvalue weighted by Crippen LogP contribution is 2.54. The Bertz CT molecular complexity index is 938. The predicted octanol–water partition coefficient (Wildman–Crippen LogP) is 10.4. The van der Waals surface area contributed by atoms with Crippen molar-refractivity contribution >= 4 is 8.38 Å². The molecule has 0 spiro atoms. The summed E-state index contributed by atoms with van der Waals surface area (Å²) in [5.74, 6) is 1.85. The second kappa shape index (κ2) is 9.74. The molecule has 0 aliphatic carbocycles. The van der Waals surface area contributed by atoms with E-state index in [0.717, 1.165) is 11.5 Å². The first-order valence-corrected chi connectivity index (χ1v) is 14.2. The summed E-state index contributed by atoms with van der Waals surface area (Å²) in [6.07, 6.45) is 0. The molecule has 196 valence electrons. The third-order valence-corrected chi connectivity index (χ3v) is 8.04. The Morgan fingerprint density at radius 1 is 0.457 bits per heavy atom. The zero-order chi connectivity index (χ0) is 27.2. The molecule has 0 aliphatic rings. The average Bonchev–Trinajstić information content (AvgIpc) is 2.63. The fourth-order valence-corrected chi connectivity index (χ4v) is 5.06. The van der Waals surface area contributed by atoms with E-state index in [9.17, 15) is 0 Å². The molecule has 2 rings (SSSR count). The lowest BCUT2D eigenvalue weighted by molar-refractivity contribution is 0.432. The summed E-state index contributed by atoms with van der Waals surface area (Å²) >= 11 is 0. The molecule has 2 nitrogen and oxygen atoms in total. The van der Waals surface area contributed by atoms with Crippen LogP contribution in [0.5, 0.6) is 11.5 Å². The quantitative estimate of drug-likeness (QED) is 0.390. The van der Waals surface area contributed by atoms with Crippen LogP contribution in [-0.4, -0.2) is 5.16 Å². The van der Waals surface area contributed by atoms with Crippen molar-refractivity contribution in [1.29, 1.82) is 0 Å². The van der Waals surface area contributed by atoms with Crippen molar-refractivity contribution in [3.63, 3.8) is 0 Å². The molecular formula is C32H51O2P. The first-order chi connectivity index (χ1) is 15.5. The summed E-state index contributed by atoms with van der Waals surface area (Å²) in [4.78, 5) is 0. The molecule has 35 heavy (non-hydrogen) atoms. The van der Waals surface area contributed by atoms with Gasteiger partial charge in [0.2, 0.25) is 0 Å². The zero-order valence-corrected chi connectivity index (χ0v) is 26.1. The summed E-state index contributed by atoms with van der Waals surface area (Å²) in [5.41, 5.74) is 5.18. The normalized spacial score (nSPS) is 13.8. The van der Waals surface area contributed by atoms with E-state index in [1.807, 2.05) is 0 Å². The first kappa shape index (κ1) is 29.7. The molecular weight excluding hydrogens is 447 g/mol. The molecule has 0 aliphatic heterocycles. The highest BCUT2D eigenvalue weighted by molar-refractivity contribution is 7.49. The number of benzene rings is 2. The van der Waals surface area contributed by atoms with Crippen LogP contribution in [0.1, 0.15) is 126 Å². The van der Waals surface area contributed by atoms with Gasteiger partial charge in [-0.15, -0.1) is 0 Å². The third-order valence-electron chi connectivity index (χ3n) is 6.22. The summed E-state index contributed by atoms with van der Waals surface area (Å²) < 4.78 is 13.6. The van der Waals surface area contributed by atoms with E-state index in [-0.39, 0.29) is 26.8 Å². The molecule has 0 fully saturated rings. The van der Waals surface area contributed by atoms with Gasteiger partial charge in [-0.05, 0) is 65.7 Å². The first-order valence-electron chi connectivity index (χ1n) is 13.0. The van der Waals surface area contributed by atoms with Gasteiger partial charge in [0.05, 0.1) is 5.16 Å². The van der Waals surface area contributed by atoms with Crippen molar-refractivity contribution < 1.29 is 9.05 Å². The maximum Gasteiger partial charge on any atom is 0.296 e. The monoisotopic (exact) mass is 498 g/mol. The maximum atomic E-state index is 6.82. The molecule has 0 unspecified atom stereocenters. The van der Waals surface area contributed by atoms with Gasteiger partial charge in [-0.25, -0.2) is 0 Å². The minimum atomic E-state index is -1.26. The molecule has 0 bridgehead atoms. The lowest BCUT2D eigenvalue weighted by atomic mass is 9.80. The largest absolute Gasteiger partial charge is 0.438 e. The summed E-state index contributed by atoms with van der Waals surface area (Å²) in [7, 11) is -1.26. The van der Waals surface area contributed by atoms with Gasteiger partial charge in [-0.3, -0.25) is 0 Å². The highest BCUT2D eigenvalue weighted by atomic mass is 31.2. The Hall–Kier alpha value is -1.53. The topological polar surface area (TPSA) is 18.5 Å². The van der Waals surface area contributed by atoms with E-state index >= 15 is 0 Å². The van der Waals surface area contributed by atoms with E-state index in [1.54, 1.807) is 0 Å². The van der Waals surface area contributed by atoms with Crippen LogP contribution in [-0.2, 0) is 21.7 Å².